The number of nitrogens with zero attached hydrogens (tertiary/aromatic N) is 2. The van der Waals surface area contributed by atoms with Gasteiger partial charge in [-0.25, -0.2) is 0 Å². The van der Waals surface area contributed by atoms with Gasteiger partial charge in [0.2, 0.25) is 0 Å². The molecular formula is C24H29F2N3O3. The molecule has 1 aliphatic rings. The van der Waals surface area contributed by atoms with E-state index in [1.807, 2.05) is 32.0 Å². The van der Waals surface area contributed by atoms with Crippen LogP contribution in [0, 0.1) is 5.92 Å². The summed E-state index contributed by atoms with van der Waals surface area (Å²) >= 11 is 0. The molecular weight excluding hydrogens is 416 g/mol. The third-order valence-corrected chi connectivity index (χ3v) is 5.26. The number of hydrogen-bond acceptors (Lipinski definition) is 4. The van der Waals surface area contributed by atoms with Gasteiger partial charge in [-0.2, -0.15) is 8.78 Å². The van der Waals surface area contributed by atoms with Crippen molar-refractivity contribution in [1.82, 2.24) is 15.1 Å². The predicted molar refractivity (Wildman–Crippen MR) is 118 cm³/mol. The third kappa shape index (κ3) is 6.50. The Morgan fingerprint density at radius 1 is 1.03 bits per heavy atom. The van der Waals surface area contributed by atoms with Crippen molar-refractivity contribution in [2.75, 3.05) is 32.7 Å². The number of alkyl halides is 2. The molecule has 2 amide bonds. The van der Waals surface area contributed by atoms with Crippen LogP contribution in [-0.2, 0) is 6.54 Å². The molecule has 0 unspecified atom stereocenters. The number of hydrogen-bond donors (Lipinski definition) is 1. The van der Waals surface area contributed by atoms with Gasteiger partial charge in [0, 0.05) is 44.8 Å². The Morgan fingerprint density at radius 2 is 1.75 bits per heavy atom. The topological polar surface area (TPSA) is 61.9 Å². The molecule has 8 heteroatoms. The molecule has 1 fully saturated rings. The highest BCUT2D eigenvalue weighted by Crippen LogP contribution is 2.23. The number of ether oxygens (including phenoxy) is 1. The highest BCUT2D eigenvalue weighted by molar-refractivity contribution is 5.97. The Hall–Kier alpha value is -3.00. The maximum Gasteiger partial charge on any atom is 0.387 e. The van der Waals surface area contributed by atoms with E-state index in [9.17, 15) is 18.4 Å². The van der Waals surface area contributed by atoms with E-state index in [1.54, 1.807) is 23.1 Å². The van der Waals surface area contributed by atoms with Gasteiger partial charge >= 0.3 is 6.61 Å². The second-order valence-corrected chi connectivity index (χ2v) is 8.25. The van der Waals surface area contributed by atoms with E-state index < -0.39 is 6.61 Å². The van der Waals surface area contributed by atoms with E-state index in [0.717, 1.165) is 5.56 Å². The Kier molecular flexibility index (Phi) is 8.16. The van der Waals surface area contributed by atoms with Gasteiger partial charge in [0.15, 0.2) is 0 Å². The van der Waals surface area contributed by atoms with Crippen LogP contribution in [0.5, 0.6) is 5.75 Å². The van der Waals surface area contributed by atoms with Crippen LogP contribution in [0.4, 0.5) is 8.78 Å². The number of nitrogens with one attached hydrogen (secondary N) is 1. The lowest BCUT2D eigenvalue weighted by Crippen LogP contribution is -2.48. The van der Waals surface area contributed by atoms with Crippen LogP contribution in [0.25, 0.3) is 0 Å². The number of para-hydroxylation sites is 1. The average molecular weight is 446 g/mol. The number of piperazine rings is 1. The quantitative estimate of drug-likeness (QED) is 0.674. The van der Waals surface area contributed by atoms with Crippen molar-refractivity contribution in [2.45, 2.75) is 27.0 Å². The molecule has 0 spiro atoms. The minimum atomic E-state index is -2.98. The van der Waals surface area contributed by atoms with E-state index in [1.165, 1.54) is 12.1 Å². The van der Waals surface area contributed by atoms with Gasteiger partial charge in [0.25, 0.3) is 11.8 Å². The minimum Gasteiger partial charge on any atom is -0.434 e. The van der Waals surface area contributed by atoms with Gasteiger partial charge in [0.1, 0.15) is 5.75 Å². The summed E-state index contributed by atoms with van der Waals surface area (Å²) in [5.74, 6) is -0.122. The molecule has 0 saturated carbocycles. The molecule has 1 saturated heterocycles. The second-order valence-electron chi connectivity index (χ2n) is 8.25. The molecule has 0 radical (unpaired) electrons. The molecule has 0 aromatic heterocycles. The van der Waals surface area contributed by atoms with Crippen LogP contribution in [0.15, 0.2) is 48.5 Å². The molecule has 0 bridgehead atoms. The number of carbonyl (C=O) groups is 2. The van der Waals surface area contributed by atoms with Crippen LogP contribution in [0.2, 0.25) is 0 Å². The fourth-order valence-electron chi connectivity index (χ4n) is 3.59. The first-order valence-electron chi connectivity index (χ1n) is 10.8. The van der Waals surface area contributed by atoms with Gasteiger partial charge in [-0.15, -0.1) is 0 Å². The molecule has 6 nitrogen and oxygen atoms in total. The summed E-state index contributed by atoms with van der Waals surface area (Å²) in [4.78, 5) is 29.0. The summed E-state index contributed by atoms with van der Waals surface area (Å²) in [7, 11) is 0. The fraction of sp³-hybridized carbons (Fsp3) is 0.417. The maximum atomic E-state index is 12.8. The summed E-state index contributed by atoms with van der Waals surface area (Å²) in [5.41, 5.74) is 1.80. The maximum absolute atomic E-state index is 12.8. The molecule has 0 aliphatic carbocycles. The molecule has 0 atom stereocenters. The van der Waals surface area contributed by atoms with Crippen molar-refractivity contribution >= 4 is 11.8 Å². The van der Waals surface area contributed by atoms with Crippen molar-refractivity contribution in [3.8, 4) is 5.75 Å². The van der Waals surface area contributed by atoms with E-state index in [-0.39, 0.29) is 23.1 Å². The highest BCUT2D eigenvalue weighted by atomic mass is 19.3. The number of carbonyl (C=O) groups excluding carboxylic acids is 2. The average Bonchev–Trinajstić information content (AvgIpc) is 2.77. The minimum absolute atomic E-state index is 0.0827. The lowest BCUT2D eigenvalue weighted by atomic mass is 10.1. The monoisotopic (exact) mass is 445 g/mol. The molecule has 32 heavy (non-hydrogen) atoms. The van der Waals surface area contributed by atoms with Crippen LogP contribution >= 0.6 is 0 Å². The Morgan fingerprint density at radius 3 is 2.44 bits per heavy atom. The molecule has 2 aromatic carbocycles. The van der Waals surface area contributed by atoms with Crippen LogP contribution in [0.3, 0.4) is 0 Å². The Labute approximate surface area is 187 Å². The van der Waals surface area contributed by atoms with E-state index in [0.29, 0.717) is 50.7 Å². The molecule has 2 aromatic rings. The summed E-state index contributed by atoms with van der Waals surface area (Å²) in [5, 5.41) is 2.93. The number of halogens is 2. The number of rotatable bonds is 8. The summed E-state index contributed by atoms with van der Waals surface area (Å²) in [6, 6.07) is 13.6. The summed E-state index contributed by atoms with van der Waals surface area (Å²) in [6.07, 6.45) is 0. The highest BCUT2D eigenvalue weighted by Gasteiger charge is 2.25. The Balaban J connectivity index is 1.56. The largest absolute Gasteiger partial charge is 0.434 e. The SMILES string of the molecule is CC(C)CNC(=O)c1cccc(CN2CCN(C(=O)c3ccccc3OC(F)F)CC2)c1. The molecule has 1 aliphatic heterocycles. The van der Waals surface area contributed by atoms with Crippen molar-refractivity contribution in [3.05, 3.63) is 65.2 Å². The fourth-order valence-corrected chi connectivity index (χ4v) is 3.59. The van der Waals surface area contributed by atoms with Crippen molar-refractivity contribution in [3.63, 3.8) is 0 Å². The molecule has 3 rings (SSSR count). The normalized spacial score (nSPS) is 14.6. The zero-order chi connectivity index (χ0) is 23.1. The predicted octanol–water partition coefficient (Wildman–Crippen LogP) is 3.63. The van der Waals surface area contributed by atoms with Crippen molar-refractivity contribution in [1.29, 1.82) is 0 Å². The first kappa shape index (κ1) is 23.7. The zero-order valence-electron chi connectivity index (χ0n) is 18.4. The van der Waals surface area contributed by atoms with Crippen LogP contribution in [0.1, 0.15) is 40.1 Å². The first-order chi connectivity index (χ1) is 15.3. The summed E-state index contributed by atoms with van der Waals surface area (Å²) < 4.78 is 29.8. The summed E-state index contributed by atoms with van der Waals surface area (Å²) in [6.45, 7) is 4.66. The standard InChI is InChI=1S/C24H29F2N3O3/c1-17(2)15-27-22(30)19-7-5-6-18(14-19)16-28-10-12-29(13-11-28)23(31)20-8-3-4-9-21(20)32-24(25)26/h3-9,14,17,24H,10-13,15-16H2,1-2H3,(H,27,30). The van der Waals surface area contributed by atoms with Gasteiger partial charge in [-0.1, -0.05) is 38.1 Å². The van der Waals surface area contributed by atoms with Gasteiger partial charge in [-0.3, -0.25) is 14.5 Å². The smallest absolute Gasteiger partial charge is 0.387 e. The van der Waals surface area contributed by atoms with Gasteiger partial charge < -0.3 is 15.0 Å². The molecule has 1 N–H and O–H groups in total. The van der Waals surface area contributed by atoms with Crippen LogP contribution < -0.4 is 10.1 Å². The first-order valence-corrected chi connectivity index (χ1v) is 10.8. The molecule has 172 valence electrons. The number of amides is 2. The van der Waals surface area contributed by atoms with Gasteiger partial charge in [0.05, 0.1) is 5.56 Å². The van der Waals surface area contributed by atoms with Crippen molar-refractivity contribution < 1.29 is 23.1 Å². The van der Waals surface area contributed by atoms with Crippen LogP contribution in [-0.4, -0.2) is 60.9 Å². The van der Waals surface area contributed by atoms with E-state index >= 15 is 0 Å². The van der Waals surface area contributed by atoms with Gasteiger partial charge in [-0.05, 0) is 35.7 Å². The lowest BCUT2D eigenvalue weighted by Gasteiger charge is -2.35. The second kappa shape index (κ2) is 11.0. The lowest BCUT2D eigenvalue weighted by molar-refractivity contribution is -0.0503. The third-order valence-electron chi connectivity index (χ3n) is 5.26. The van der Waals surface area contributed by atoms with E-state index in [4.69, 9.17) is 0 Å². The Bertz CT molecular complexity index is 928. The number of benzene rings is 2. The van der Waals surface area contributed by atoms with Crippen molar-refractivity contribution in [2.24, 2.45) is 5.92 Å². The zero-order valence-corrected chi connectivity index (χ0v) is 18.4. The van der Waals surface area contributed by atoms with E-state index in [2.05, 4.69) is 15.0 Å². The molecule has 1 heterocycles.